The second-order valence-electron chi connectivity index (χ2n) is 5.79. The lowest BCUT2D eigenvalue weighted by Gasteiger charge is -2.27. The SMILES string of the molecule is C=C(C/C=C/CO[Si](CC)(CC)CC)CCCCCC. The minimum atomic E-state index is -1.40. The smallest absolute Gasteiger partial charge is 0.192 e. The fourth-order valence-corrected chi connectivity index (χ4v) is 5.07. The van der Waals surface area contributed by atoms with Crippen molar-refractivity contribution in [1.82, 2.24) is 0 Å². The van der Waals surface area contributed by atoms with E-state index >= 15 is 0 Å². The van der Waals surface area contributed by atoms with Gasteiger partial charge in [-0.15, -0.1) is 0 Å². The highest BCUT2D eigenvalue weighted by Crippen LogP contribution is 2.21. The number of hydrogen-bond donors (Lipinski definition) is 0. The fraction of sp³-hybridized carbons (Fsp3) is 0.778. The van der Waals surface area contributed by atoms with Crippen molar-refractivity contribution >= 4 is 8.32 Å². The Morgan fingerprint density at radius 3 is 2.15 bits per heavy atom. The van der Waals surface area contributed by atoms with Crippen LogP contribution in [0.2, 0.25) is 18.1 Å². The minimum absolute atomic E-state index is 0.796. The molecule has 0 saturated heterocycles. The lowest BCUT2D eigenvalue weighted by molar-refractivity contribution is 0.342. The Morgan fingerprint density at radius 1 is 0.950 bits per heavy atom. The lowest BCUT2D eigenvalue weighted by atomic mass is 10.1. The molecular weight excluding hydrogens is 260 g/mol. The first-order valence-electron chi connectivity index (χ1n) is 8.59. The summed E-state index contributed by atoms with van der Waals surface area (Å²) in [5, 5.41) is 0. The Labute approximate surface area is 128 Å². The number of hydrogen-bond acceptors (Lipinski definition) is 1. The summed E-state index contributed by atoms with van der Waals surface area (Å²) in [7, 11) is -1.40. The second-order valence-corrected chi connectivity index (χ2v) is 10.6. The van der Waals surface area contributed by atoms with Crippen LogP contribution in [-0.4, -0.2) is 14.9 Å². The first-order chi connectivity index (χ1) is 9.64. The summed E-state index contributed by atoms with van der Waals surface area (Å²) in [5.41, 5.74) is 1.36. The van der Waals surface area contributed by atoms with E-state index in [-0.39, 0.29) is 0 Å². The van der Waals surface area contributed by atoms with Crippen LogP contribution in [0.5, 0.6) is 0 Å². The molecule has 0 bridgehead atoms. The molecule has 118 valence electrons. The molecule has 0 aliphatic carbocycles. The largest absolute Gasteiger partial charge is 0.413 e. The van der Waals surface area contributed by atoms with Gasteiger partial charge in [0.05, 0.1) is 6.61 Å². The lowest BCUT2D eigenvalue weighted by Crippen LogP contribution is -2.35. The Morgan fingerprint density at radius 2 is 1.60 bits per heavy atom. The molecular formula is C18H36OSi. The van der Waals surface area contributed by atoms with E-state index in [1.807, 2.05) is 0 Å². The summed E-state index contributed by atoms with van der Waals surface area (Å²) in [6, 6.07) is 3.70. The van der Waals surface area contributed by atoms with Crippen molar-refractivity contribution < 1.29 is 4.43 Å². The standard InChI is InChI=1S/C18H36OSi/c1-6-10-11-12-15-18(5)16-13-14-17-19-20(7-2,8-3)9-4/h13-14H,5-12,15-17H2,1-4H3/b14-13+. The topological polar surface area (TPSA) is 9.23 Å². The van der Waals surface area contributed by atoms with Gasteiger partial charge in [0.1, 0.15) is 0 Å². The van der Waals surface area contributed by atoms with E-state index in [0.29, 0.717) is 0 Å². The van der Waals surface area contributed by atoms with E-state index in [2.05, 4.69) is 46.4 Å². The first kappa shape index (κ1) is 19.7. The molecule has 0 aromatic rings. The van der Waals surface area contributed by atoms with Gasteiger partial charge in [0.15, 0.2) is 8.32 Å². The first-order valence-corrected chi connectivity index (χ1v) is 11.1. The van der Waals surface area contributed by atoms with E-state index in [4.69, 9.17) is 4.43 Å². The predicted octanol–water partition coefficient (Wildman–Crippen LogP) is 6.48. The van der Waals surface area contributed by atoms with E-state index < -0.39 is 8.32 Å². The number of rotatable bonds is 13. The van der Waals surface area contributed by atoms with Gasteiger partial charge in [-0.05, 0) is 37.4 Å². The van der Waals surface area contributed by atoms with Crippen LogP contribution in [0.4, 0.5) is 0 Å². The van der Waals surface area contributed by atoms with Crippen LogP contribution in [0.3, 0.4) is 0 Å². The Balaban J connectivity index is 3.77. The highest BCUT2D eigenvalue weighted by molar-refractivity contribution is 6.73. The van der Waals surface area contributed by atoms with Crippen molar-refractivity contribution in [3.63, 3.8) is 0 Å². The number of allylic oxidation sites excluding steroid dienone is 2. The van der Waals surface area contributed by atoms with Crippen molar-refractivity contribution in [2.45, 2.75) is 84.4 Å². The molecule has 0 fully saturated rings. The van der Waals surface area contributed by atoms with Crippen LogP contribution in [0, 0.1) is 0 Å². The van der Waals surface area contributed by atoms with E-state index in [0.717, 1.165) is 13.0 Å². The van der Waals surface area contributed by atoms with E-state index in [1.165, 1.54) is 55.8 Å². The third-order valence-electron chi connectivity index (χ3n) is 4.38. The van der Waals surface area contributed by atoms with Crippen molar-refractivity contribution in [2.24, 2.45) is 0 Å². The third-order valence-corrected chi connectivity index (χ3v) is 9.02. The molecule has 0 rings (SSSR count). The predicted molar refractivity (Wildman–Crippen MR) is 94.8 cm³/mol. The fourth-order valence-electron chi connectivity index (χ4n) is 2.50. The molecule has 0 unspecified atom stereocenters. The van der Waals surface area contributed by atoms with Crippen LogP contribution in [0.25, 0.3) is 0 Å². The van der Waals surface area contributed by atoms with Gasteiger partial charge in [-0.3, -0.25) is 0 Å². The summed E-state index contributed by atoms with van der Waals surface area (Å²) in [6.07, 6.45) is 11.9. The molecule has 0 N–H and O–H groups in total. The van der Waals surface area contributed by atoms with Crippen LogP contribution < -0.4 is 0 Å². The summed E-state index contributed by atoms with van der Waals surface area (Å²) in [4.78, 5) is 0. The molecule has 0 heterocycles. The number of unbranched alkanes of at least 4 members (excludes halogenated alkanes) is 3. The van der Waals surface area contributed by atoms with Gasteiger partial charge in [-0.2, -0.15) is 0 Å². The van der Waals surface area contributed by atoms with Gasteiger partial charge >= 0.3 is 0 Å². The van der Waals surface area contributed by atoms with Gasteiger partial charge in [-0.25, -0.2) is 0 Å². The highest BCUT2D eigenvalue weighted by atomic mass is 28.4. The molecule has 0 saturated carbocycles. The Bertz CT molecular complexity index is 258. The zero-order valence-electron chi connectivity index (χ0n) is 14.3. The molecule has 0 amide bonds. The normalized spacial score (nSPS) is 12.2. The van der Waals surface area contributed by atoms with Crippen molar-refractivity contribution in [3.8, 4) is 0 Å². The molecule has 0 aliphatic rings. The second kappa shape index (κ2) is 12.4. The average Bonchev–Trinajstić information content (AvgIpc) is 2.48. The summed E-state index contributed by atoms with van der Waals surface area (Å²) < 4.78 is 6.19. The van der Waals surface area contributed by atoms with E-state index in [1.54, 1.807) is 0 Å². The summed E-state index contributed by atoms with van der Waals surface area (Å²) in [6.45, 7) is 14.1. The summed E-state index contributed by atoms with van der Waals surface area (Å²) in [5.74, 6) is 0. The van der Waals surface area contributed by atoms with Crippen LogP contribution >= 0.6 is 0 Å². The average molecular weight is 297 g/mol. The molecule has 20 heavy (non-hydrogen) atoms. The van der Waals surface area contributed by atoms with Gasteiger partial charge in [0.25, 0.3) is 0 Å². The molecule has 0 aromatic heterocycles. The molecule has 0 aromatic carbocycles. The van der Waals surface area contributed by atoms with E-state index in [9.17, 15) is 0 Å². The van der Waals surface area contributed by atoms with Gasteiger partial charge in [0, 0.05) is 0 Å². The summed E-state index contributed by atoms with van der Waals surface area (Å²) >= 11 is 0. The van der Waals surface area contributed by atoms with Crippen LogP contribution in [0.1, 0.15) is 66.2 Å². The van der Waals surface area contributed by atoms with Gasteiger partial charge in [0.2, 0.25) is 0 Å². The molecule has 1 nitrogen and oxygen atoms in total. The zero-order valence-corrected chi connectivity index (χ0v) is 15.3. The molecule has 0 atom stereocenters. The molecule has 2 heteroatoms. The maximum atomic E-state index is 6.19. The Hall–Kier alpha value is -0.343. The molecule has 0 aliphatic heterocycles. The maximum absolute atomic E-state index is 6.19. The van der Waals surface area contributed by atoms with Crippen molar-refractivity contribution in [2.75, 3.05) is 6.61 Å². The van der Waals surface area contributed by atoms with Crippen molar-refractivity contribution in [1.29, 1.82) is 0 Å². The quantitative estimate of drug-likeness (QED) is 0.215. The molecule has 0 spiro atoms. The highest BCUT2D eigenvalue weighted by Gasteiger charge is 2.27. The monoisotopic (exact) mass is 296 g/mol. The zero-order chi connectivity index (χ0) is 15.3. The third kappa shape index (κ3) is 8.75. The van der Waals surface area contributed by atoms with Crippen molar-refractivity contribution in [3.05, 3.63) is 24.3 Å². The van der Waals surface area contributed by atoms with Gasteiger partial charge < -0.3 is 4.43 Å². The van der Waals surface area contributed by atoms with Crippen LogP contribution in [-0.2, 0) is 4.43 Å². The Kier molecular flexibility index (Phi) is 12.2. The minimum Gasteiger partial charge on any atom is -0.413 e. The maximum Gasteiger partial charge on any atom is 0.192 e. The molecule has 0 radical (unpaired) electrons. The van der Waals surface area contributed by atoms with Crippen LogP contribution in [0.15, 0.2) is 24.3 Å². The van der Waals surface area contributed by atoms with Gasteiger partial charge in [-0.1, -0.05) is 71.3 Å².